The van der Waals surface area contributed by atoms with Crippen molar-refractivity contribution in [3.05, 3.63) is 63.4 Å². The molecule has 4 heterocycles. The fourth-order valence-electron chi connectivity index (χ4n) is 3.26. The maximum atomic E-state index is 12.6. The van der Waals surface area contributed by atoms with Crippen LogP contribution in [0.4, 0.5) is 0 Å². The van der Waals surface area contributed by atoms with Crippen molar-refractivity contribution >= 4 is 17.2 Å². The number of H-pyrrole nitrogens is 1. The van der Waals surface area contributed by atoms with Crippen molar-refractivity contribution in [1.82, 2.24) is 24.8 Å². The van der Waals surface area contributed by atoms with Gasteiger partial charge in [-0.25, -0.2) is 9.97 Å². The topological polar surface area (TPSA) is 91.8 Å². The Balaban J connectivity index is 1.47. The van der Waals surface area contributed by atoms with Crippen molar-refractivity contribution in [3.8, 4) is 10.7 Å². The second kappa shape index (κ2) is 7.40. The summed E-state index contributed by atoms with van der Waals surface area (Å²) in [6, 6.07) is 5.14. The van der Waals surface area contributed by atoms with Crippen LogP contribution < -0.4 is 5.56 Å². The van der Waals surface area contributed by atoms with Crippen molar-refractivity contribution in [1.29, 1.82) is 0 Å². The number of aryl methyl sites for hydroxylation is 1. The lowest BCUT2D eigenvalue weighted by Gasteiger charge is -2.31. The van der Waals surface area contributed by atoms with Crippen LogP contribution >= 0.6 is 11.3 Å². The molecule has 1 fully saturated rings. The Morgan fingerprint density at radius 2 is 2.07 bits per heavy atom. The largest absolute Gasteiger partial charge is 0.339 e. The van der Waals surface area contributed by atoms with Crippen molar-refractivity contribution < 1.29 is 4.79 Å². The van der Waals surface area contributed by atoms with Crippen LogP contribution in [-0.4, -0.2) is 43.8 Å². The van der Waals surface area contributed by atoms with Gasteiger partial charge in [0.15, 0.2) is 0 Å². The second-order valence-corrected chi connectivity index (χ2v) is 7.50. The lowest BCUT2D eigenvalue weighted by Crippen LogP contribution is -2.38. The van der Waals surface area contributed by atoms with Crippen LogP contribution in [0.1, 0.15) is 40.6 Å². The van der Waals surface area contributed by atoms with E-state index < -0.39 is 0 Å². The highest BCUT2D eigenvalue weighted by molar-refractivity contribution is 7.13. The lowest BCUT2D eigenvalue weighted by molar-refractivity contribution is 0.0710. The number of aromatic nitrogens is 4. The fraction of sp³-hybridized carbons (Fsp3) is 0.316. The molecule has 0 saturated carbocycles. The number of carbonyl (C=O) groups excluding carboxylic acids is 1. The molecule has 1 aliphatic heterocycles. The predicted octanol–water partition coefficient (Wildman–Crippen LogP) is 2.62. The number of nitrogens with one attached hydrogen (secondary N) is 1. The SMILES string of the molecule is Cc1ccc(C(=O)N2CCC(c3nc(-c4nccs4)cc(=O)[nH]3)CC2)cn1. The third-order valence-electron chi connectivity index (χ3n) is 4.74. The van der Waals surface area contributed by atoms with E-state index in [1.807, 2.05) is 29.3 Å². The number of pyridine rings is 1. The molecule has 0 spiro atoms. The Labute approximate surface area is 160 Å². The Morgan fingerprint density at radius 1 is 1.26 bits per heavy atom. The Hall–Kier alpha value is -2.87. The number of thiazole rings is 1. The molecule has 0 unspecified atom stereocenters. The van der Waals surface area contributed by atoms with E-state index in [9.17, 15) is 9.59 Å². The summed E-state index contributed by atoms with van der Waals surface area (Å²) in [4.78, 5) is 42.4. The van der Waals surface area contributed by atoms with Gasteiger partial charge in [0.1, 0.15) is 16.5 Å². The highest BCUT2D eigenvalue weighted by atomic mass is 32.1. The zero-order chi connectivity index (χ0) is 18.8. The summed E-state index contributed by atoms with van der Waals surface area (Å²) in [6.07, 6.45) is 4.84. The van der Waals surface area contributed by atoms with E-state index >= 15 is 0 Å². The van der Waals surface area contributed by atoms with E-state index in [4.69, 9.17) is 0 Å². The molecule has 1 amide bonds. The summed E-state index contributed by atoms with van der Waals surface area (Å²) in [5, 5.41) is 2.60. The number of amides is 1. The number of rotatable bonds is 3. The monoisotopic (exact) mass is 381 g/mol. The Kier molecular flexibility index (Phi) is 4.81. The second-order valence-electron chi connectivity index (χ2n) is 6.61. The molecule has 0 aromatic carbocycles. The normalized spacial score (nSPS) is 15.1. The van der Waals surface area contributed by atoms with Crippen LogP contribution in [0, 0.1) is 6.92 Å². The molecular weight excluding hydrogens is 362 g/mol. The molecule has 1 N–H and O–H groups in total. The quantitative estimate of drug-likeness (QED) is 0.753. The summed E-state index contributed by atoms with van der Waals surface area (Å²) >= 11 is 1.46. The van der Waals surface area contributed by atoms with E-state index in [1.165, 1.54) is 17.4 Å². The van der Waals surface area contributed by atoms with Crippen molar-refractivity contribution in [2.24, 2.45) is 0 Å². The third-order valence-corrected chi connectivity index (χ3v) is 5.53. The summed E-state index contributed by atoms with van der Waals surface area (Å²) in [5.74, 6) is 0.800. The van der Waals surface area contributed by atoms with Gasteiger partial charge in [0, 0.05) is 48.5 Å². The minimum atomic E-state index is -0.172. The van der Waals surface area contributed by atoms with E-state index in [2.05, 4.69) is 19.9 Å². The number of nitrogens with zero attached hydrogens (tertiary/aromatic N) is 4. The van der Waals surface area contributed by atoms with E-state index in [-0.39, 0.29) is 17.4 Å². The van der Waals surface area contributed by atoms with Crippen LogP contribution in [0.15, 0.2) is 40.8 Å². The molecular formula is C19H19N5O2S. The first-order valence-corrected chi connectivity index (χ1v) is 9.71. The van der Waals surface area contributed by atoms with Crippen molar-refractivity contribution in [2.75, 3.05) is 13.1 Å². The van der Waals surface area contributed by atoms with Crippen molar-refractivity contribution in [2.45, 2.75) is 25.7 Å². The number of hydrogen-bond donors (Lipinski definition) is 1. The predicted molar refractivity (Wildman–Crippen MR) is 103 cm³/mol. The van der Waals surface area contributed by atoms with Gasteiger partial charge < -0.3 is 9.88 Å². The number of aromatic amines is 1. The van der Waals surface area contributed by atoms with E-state index in [0.717, 1.165) is 23.5 Å². The number of piperidine rings is 1. The zero-order valence-corrected chi connectivity index (χ0v) is 15.7. The molecule has 8 heteroatoms. The van der Waals surface area contributed by atoms with Crippen LogP contribution in [0.25, 0.3) is 10.7 Å². The fourth-order valence-corrected chi connectivity index (χ4v) is 3.86. The molecule has 0 aliphatic carbocycles. The number of carbonyl (C=O) groups is 1. The van der Waals surface area contributed by atoms with Gasteiger partial charge in [-0.1, -0.05) is 0 Å². The van der Waals surface area contributed by atoms with Gasteiger partial charge >= 0.3 is 0 Å². The molecule has 27 heavy (non-hydrogen) atoms. The molecule has 4 rings (SSSR count). The van der Waals surface area contributed by atoms with Gasteiger partial charge in [0.05, 0.1) is 5.56 Å². The standard InChI is InChI=1S/C19H19N5O2S/c1-12-2-3-14(11-21-12)19(26)24-7-4-13(5-8-24)17-22-15(10-16(25)23-17)18-20-6-9-27-18/h2-3,6,9-11,13H,4-5,7-8H2,1H3,(H,22,23,25). The summed E-state index contributed by atoms with van der Waals surface area (Å²) in [7, 11) is 0. The van der Waals surface area contributed by atoms with Gasteiger partial charge in [0.2, 0.25) is 0 Å². The van der Waals surface area contributed by atoms with Crippen LogP contribution in [0.5, 0.6) is 0 Å². The average Bonchev–Trinajstić information content (AvgIpc) is 3.23. The van der Waals surface area contributed by atoms with Crippen LogP contribution in [-0.2, 0) is 0 Å². The van der Waals surface area contributed by atoms with Crippen LogP contribution in [0.3, 0.4) is 0 Å². The summed E-state index contributed by atoms with van der Waals surface area (Å²) in [6.45, 7) is 3.15. The first-order chi connectivity index (χ1) is 13.1. The molecule has 0 radical (unpaired) electrons. The number of likely N-dealkylation sites (tertiary alicyclic amines) is 1. The van der Waals surface area contributed by atoms with Gasteiger partial charge in [-0.15, -0.1) is 11.3 Å². The molecule has 138 valence electrons. The zero-order valence-electron chi connectivity index (χ0n) is 14.9. The Morgan fingerprint density at radius 3 is 2.74 bits per heavy atom. The average molecular weight is 381 g/mol. The maximum Gasteiger partial charge on any atom is 0.255 e. The van der Waals surface area contributed by atoms with E-state index in [1.54, 1.807) is 12.4 Å². The lowest BCUT2D eigenvalue weighted by atomic mass is 9.95. The molecule has 7 nitrogen and oxygen atoms in total. The molecule has 3 aromatic rings. The minimum Gasteiger partial charge on any atom is -0.339 e. The minimum absolute atomic E-state index is 0.000982. The molecule has 1 saturated heterocycles. The first-order valence-electron chi connectivity index (χ1n) is 8.83. The molecule has 0 atom stereocenters. The first kappa shape index (κ1) is 17.5. The van der Waals surface area contributed by atoms with Gasteiger partial charge in [-0.2, -0.15) is 0 Å². The van der Waals surface area contributed by atoms with Gasteiger partial charge in [-0.05, 0) is 31.9 Å². The molecule has 0 bridgehead atoms. The summed E-state index contributed by atoms with van der Waals surface area (Å²) in [5.41, 5.74) is 1.93. The van der Waals surface area contributed by atoms with Crippen molar-refractivity contribution in [3.63, 3.8) is 0 Å². The molecule has 1 aliphatic rings. The summed E-state index contributed by atoms with van der Waals surface area (Å²) < 4.78 is 0. The number of hydrogen-bond acceptors (Lipinski definition) is 6. The van der Waals surface area contributed by atoms with Gasteiger partial charge in [-0.3, -0.25) is 14.6 Å². The molecule has 3 aromatic heterocycles. The van der Waals surface area contributed by atoms with Crippen LogP contribution in [0.2, 0.25) is 0 Å². The highest BCUT2D eigenvalue weighted by Crippen LogP contribution is 2.27. The smallest absolute Gasteiger partial charge is 0.255 e. The maximum absolute atomic E-state index is 12.6. The third kappa shape index (κ3) is 3.80. The van der Waals surface area contributed by atoms with E-state index in [0.29, 0.717) is 30.2 Å². The Bertz CT molecular complexity index is 990. The highest BCUT2D eigenvalue weighted by Gasteiger charge is 2.26. The van der Waals surface area contributed by atoms with Gasteiger partial charge in [0.25, 0.3) is 11.5 Å².